The van der Waals surface area contributed by atoms with Gasteiger partial charge in [0.15, 0.2) is 0 Å². The molecule has 0 aromatic carbocycles. The first-order valence-electron chi connectivity index (χ1n) is 6.97. The number of halogens is 1. The van der Waals surface area contributed by atoms with Crippen molar-refractivity contribution in [2.75, 3.05) is 16.8 Å². The third-order valence-corrected chi connectivity index (χ3v) is 7.07. The molecule has 0 bridgehead atoms. The van der Waals surface area contributed by atoms with Gasteiger partial charge < -0.3 is 0 Å². The molecule has 1 saturated carbocycles. The van der Waals surface area contributed by atoms with Crippen LogP contribution < -0.4 is 0 Å². The molecular formula is C15H23BrS2. The minimum Gasteiger partial charge on any atom is -0.120 e. The third-order valence-electron chi connectivity index (χ3n) is 3.91. The highest BCUT2D eigenvalue weighted by Gasteiger charge is 2.45. The fourth-order valence-corrected chi connectivity index (χ4v) is 5.40. The van der Waals surface area contributed by atoms with Gasteiger partial charge in [-0.2, -0.15) is 0 Å². The normalized spacial score (nSPS) is 27.4. The van der Waals surface area contributed by atoms with Crippen LogP contribution in [-0.2, 0) is 0 Å². The molecule has 2 aliphatic rings. The van der Waals surface area contributed by atoms with Crippen LogP contribution in [0.5, 0.6) is 0 Å². The Hall–Kier alpha value is 0.660. The smallest absolute Gasteiger partial charge is 0.0360 e. The summed E-state index contributed by atoms with van der Waals surface area (Å²) in [6, 6.07) is 0. The van der Waals surface area contributed by atoms with Crippen molar-refractivity contribution in [2.45, 2.75) is 44.9 Å². The van der Waals surface area contributed by atoms with Gasteiger partial charge in [0.05, 0.1) is 0 Å². The first-order chi connectivity index (χ1) is 8.77. The molecule has 2 fully saturated rings. The van der Waals surface area contributed by atoms with Gasteiger partial charge in [-0.15, -0.1) is 23.5 Å². The lowest BCUT2D eigenvalue weighted by atomic mass is 9.93. The molecule has 2 rings (SSSR count). The number of hydrogen-bond acceptors (Lipinski definition) is 2. The Morgan fingerprint density at radius 1 is 1.22 bits per heavy atom. The Bertz CT molecular complexity index is 316. The monoisotopic (exact) mass is 346 g/mol. The van der Waals surface area contributed by atoms with E-state index in [-0.39, 0.29) is 0 Å². The van der Waals surface area contributed by atoms with Gasteiger partial charge in [-0.05, 0) is 61.9 Å². The van der Waals surface area contributed by atoms with Gasteiger partial charge in [0.1, 0.15) is 0 Å². The summed E-state index contributed by atoms with van der Waals surface area (Å²) < 4.78 is 1.57. The molecule has 3 heteroatoms. The summed E-state index contributed by atoms with van der Waals surface area (Å²) >= 11 is 7.64. The minimum atomic E-state index is 0.541. The third kappa shape index (κ3) is 4.35. The van der Waals surface area contributed by atoms with Crippen molar-refractivity contribution in [3.8, 4) is 0 Å². The molecule has 0 spiro atoms. The van der Waals surface area contributed by atoms with Crippen molar-refractivity contribution < 1.29 is 0 Å². The van der Waals surface area contributed by atoms with E-state index in [4.69, 9.17) is 0 Å². The molecule has 0 N–H and O–H groups in total. The first kappa shape index (κ1) is 15.1. The van der Waals surface area contributed by atoms with E-state index in [0.29, 0.717) is 5.41 Å². The molecule has 0 amide bonds. The highest BCUT2D eigenvalue weighted by Crippen LogP contribution is 2.58. The number of thioether (sulfide) groups is 2. The van der Waals surface area contributed by atoms with E-state index in [1.54, 1.807) is 4.24 Å². The molecule has 1 heterocycles. The molecule has 0 radical (unpaired) electrons. The Kier molecular flexibility index (Phi) is 6.23. The maximum atomic E-state index is 4.20. The second-order valence-corrected chi connectivity index (χ2v) is 8.64. The molecule has 1 atom stereocenters. The summed E-state index contributed by atoms with van der Waals surface area (Å²) in [6.07, 6.45) is 11.7. The van der Waals surface area contributed by atoms with Gasteiger partial charge in [0.2, 0.25) is 0 Å². The molecule has 1 unspecified atom stereocenters. The zero-order valence-electron chi connectivity index (χ0n) is 11.0. The van der Waals surface area contributed by atoms with Crippen molar-refractivity contribution in [1.29, 1.82) is 0 Å². The van der Waals surface area contributed by atoms with Gasteiger partial charge in [0.25, 0.3) is 0 Å². The maximum absolute atomic E-state index is 4.20. The van der Waals surface area contributed by atoms with Gasteiger partial charge in [-0.25, -0.2) is 0 Å². The Morgan fingerprint density at radius 2 is 1.89 bits per heavy atom. The molecule has 1 aliphatic carbocycles. The summed E-state index contributed by atoms with van der Waals surface area (Å²) in [5, 5.41) is 1.14. The van der Waals surface area contributed by atoms with E-state index in [1.165, 1.54) is 62.0 Å². The summed E-state index contributed by atoms with van der Waals surface area (Å²) in [5.41, 5.74) is 2.05. The van der Waals surface area contributed by atoms with E-state index in [9.17, 15) is 0 Å². The van der Waals surface area contributed by atoms with E-state index >= 15 is 0 Å². The Labute approximate surface area is 129 Å². The lowest BCUT2D eigenvalue weighted by Crippen LogP contribution is -2.01. The number of unbranched alkanes of at least 4 members (excludes halogenated alkanes) is 1. The molecule has 0 aromatic rings. The van der Waals surface area contributed by atoms with Gasteiger partial charge in [-0.3, -0.25) is 0 Å². The van der Waals surface area contributed by atoms with Crippen LogP contribution in [-0.4, -0.2) is 16.8 Å². The second-order valence-electron chi connectivity index (χ2n) is 5.32. The molecule has 1 aliphatic heterocycles. The first-order valence-corrected chi connectivity index (χ1v) is 10.1. The zero-order valence-corrected chi connectivity index (χ0v) is 14.3. The van der Waals surface area contributed by atoms with Crippen LogP contribution in [0.2, 0.25) is 0 Å². The van der Waals surface area contributed by atoms with Gasteiger partial charge in [-0.1, -0.05) is 34.2 Å². The molecule has 102 valence electrons. The number of alkyl halides is 1. The van der Waals surface area contributed by atoms with Crippen LogP contribution in [0.25, 0.3) is 0 Å². The Balaban J connectivity index is 1.66. The van der Waals surface area contributed by atoms with E-state index in [0.717, 1.165) is 5.33 Å². The van der Waals surface area contributed by atoms with Crippen LogP contribution in [0, 0.1) is 5.41 Å². The maximum Gasteiger partial charge on any atom is 0.0360 e. The molecule has 18 heavy (non-hydrogen) atoms. The van der Waals surface area contributed by atoms with E-state index in [1.807, 2.05) is 0 Å². The van der Waals surface area contributed by atoms with Gasteiger partial charge >= 0.3 is 0 Å². The fraction of sp³-hybridized carbons (Fsp3) is 0.733. The van der Waals surface area contributed by atoms with Crippen LogP contribution in [0.15, 0.2) is 22.5 Å². The van der Waals surface area contributed by atoms with Crippen LogP contribution in [0.1, 0.15) is 44.9 Å². The number of hydrogen-bond donors (Lipinski definition) is 0. The molecule has 0 nitrogen and oxygen atoms in total. The molecule has 0 aromatic heterocycles. The quantitative estimate of drug-likeness (QED) is 0.315. The topological polar surface area (TPSA) is 0 Å². The van der Waals surface area contributed by atoms with E-state index in [2.05, 4.69) is 52.1 Å². The van der Waals surface area contributed by atoms with Crippen molar-refractivity contribution in [3.63, 3.8) is 0 Å². The lowest BCUT2D eigenvalue weighted by molar-refractivity contribution is 0.435. The van der Waals surface area contributed by atoms with Crippen LogP contribution >= 0.6 is 39.5 Å². The summed E-state index contributed by atoms with van der Waals surface area (Å²) in [5.74, 6) is 2.65. The summed E-state index contributed by atoms with van der Waals surface area (Å²) in [6.45, 7) is 4.20. The molecule has 1 saturated heterocycles. The Morgan fingerprint density at radius 3 is 2.50 bits per heavy atom. The second kappa shape index (κ2) is 7.44. The zero-order chi connectivity index (χ0) is 12.8. The standard InChI is InChI=1S/C15H23BrS2/c1-13-12-15(13,8-4-9-16)7-3-2-6-14-17-10-5-11-18-14/h6H,1-5,7-12H2. The largest absolute Gasteiger partial charge is 0.120 e. The lowest BCUT2D eigenvalue weighted by Gasteiger charge is -2.14. The van der Waals surface area contributed by atoms with Crippen molar-refractivity contribution in [3.05, 3.63) is 22.5 Å². The van der Waals surface area contributed by atoms with Crippen LogP contribution in [0.3, 0.4) is 0 Å². The average molecular weight is 347 g/mol. The summed E-state index contributed by atoms with van der Waals surface area (Å²) in [7, 11) is 0. The number of rotatable bonds is 7. The predicted molar refractivity (Wildman–Crippen MR) is 90.7 cm³/mol. The van der Waals surface area contributed by atoms with Crippen molar-refractivity contribution >= 4 is 39.5 Å². The van der Waals surface area contributed by atoms with Crippen molar-refractivity contribution in [2.24, 2.45) is 5.41 Å². The highest BCUT2D eigenvalue weighted by molar-refractivity contribution is 9.09. The van der Waals surface area contributed by atoms with Crippen molar-refractivity contribution in [1.82, 2.24) is 0 Å². The molecular weight excluding hydrogens is 324 g/mol. The summed E-state index contributed by atoms with van der Waals surface area (Å²) in [4.78, 5) is 0. The van der Waals surface area contributed by atoms with Crippen LogP contribution in [0.4, 0.5) is 0 Å². The SMILES string of the molecule is C=C1CC1(CCCBr)CCCC=C1SCCCS1. The highest BCUT2D eigenvalue weighted by atomic mass is 79.9. The minimum absolute atomic E-state index is 0.541. The number of allylic oxidation sites excluding steroid dienone is 2. The predicted octanol–water partition coefficient (Wildman–Crippen LogP) is 5.99. The fourth-order valence-electron chi connectivity index (χ4n) is 2.65. The van der Waals surface area contributed by atoms with E-state index < -0.39 is 0 Å². The van der Waals surface area contributed by atoms with Gasteiger partial charge in [0, 0.05) is 9.57 Å². The average Bonchev–Trinajstić information content (AvgIpc) is 3.04.